The number of ether oxygens (including phenoxy) is 1. The molecule has 3 rings (SSSR count). The Labute approximate surface area is 132 Å². The number of carbonyl (C=O) groups is 2. The van der Waals surface area contributed by atoms with Crippen molar-refractivity contribution in [3.63, 3.8) is 0 Å². The second-order valence-electron chi connectivity index (χ2n) is 4.77. The number of imide groups is 1. The van der Waals surface area contributed by atoms with Crippen LogP contribution in [0.15, 0.2) is 48.5 Å². The molecule has 0 aliphatic carbocycles. The molecule has 1 aliphatic heterocycles. The van der Waals surface area contributed by atoms with Gasteiger partial charge >= 0.3 is 0 Å². The van der Waals surface area contributed by atoms with Crippen molar-refractivity contribution in [2.45, 2.75) is 0 Å². The molecule has 2 aromatic rings. The van der Waals surface area contributed by atoms with E-state index in [1.54, 1.807) is 48.5 Å². The van der Waals surface area contributed by atoms with E-state index >= 15 is 0 Å². The van der Waals surface area contributed by atoms with E-state index in [4.69, 9.17) is 14.8 Å². The number of benzene rings is 2. The van der Waals surface area contributed by atoms with E-state index in [0.717, 1.165) is 5.06 Å². The van der Waals surface area contributed by atoms with E-state index < -0.39 is 11.8 Å². The Balaban J connectivity index is 1.53. The topological polar surface area (TPSA) is 79.6 Å². The van der Waals surface area contributed by atoms with Crippen molar-refractivity contribution >= 4 is 11.8 Å². The summed E-state index contributed by atoms with van der Waals surface area (Å²) in [6.07, 6.45) is 0. The Bertz CT molecular complexity index is 758. The van der Waals surface area contributed by atoms with Crippen molar-refractivity contribution < 1.29 is 19.2 Å². The molecule has 0 fully saturated rings. The van der Waals surface area contributed by atoms with Gasteiger partial charge in [-0.15, -0.1) is 5.06 Å². The predicted molar refractivity (Wildman–Crippen MR) is 79.5 cm³/mol. The lowest BCUT2D eigenvalue weighted by Gasteiger charge is -2.13. The van der Waals surface area contributed by atoms with Crippen LogP contribution < -0.4 is 4.74 Å². The summed E-state index contributed by atoms with van der Waals surface area (Å²) in [5, 5.41) is 9.46. The standard InChI is InChI=1S/C17H12N2O4/c18-11-12-5-7-13(8-6-12)22-9-10-23-19-16(20)14-3-1-2-4-15(14)17(19)21/h1-8H,9-10H2. The minimum Gasteiger partial charge on any atom is -0.491 e. The molecule has 0 saturated heterocycles. The van der Waals surface area contributed by atoms with Gasteiger partial charge in [-0.05, 0) is 36.4 Å². The molecule has 0 bridgehead atoms. The van der Waals surface area contributed by atoms with Gasteiger partial charge in [0.2, 0.25) is 0 Å². The summed E-state index contributed by atoms with van der Waals surface area (Å²) in [6.45, 7) is 0.213. The highest BCUT2D eigenvalue weighted by Gasteiger charge is 2.36. The summed E-state index contributed by atoms with van der Waals surface area (Å²) in [6, 6.07) is 15.2. The van der Waals surface area contributed by atoms with Crippen LogP contribution >= 0.6 is 0 Å². The van der Waals surface area contributed by atoms with Crippen LogP contribution in [0, 0.1) is 11.3 Å². The summed E-state index contributed by atoms with van der Waals surface area (Å²) >= 11 is 0. The zero-order valence-electron chi connectivity index (χ0n) is 12.1. The van der Waals surface area contributed by atoms with Gasteiger partial charge < -0.3 is 4.74 Å². The van der Waals surface area contributed by atoms with E-state index in [9.17, 15) is 9.59 Å². The molecule has 0 N–H and O–H groups in total. The number of nitriles is 1. The molecule has 2 amide bonds. The Kier molecular flexibility index (Phi) is 4.04. The molecule has 6 nitrogen and oxygen atoms in total. The molecule has 0 atom stereocenters. The molecule has 23 heavy (non-hydrogen) atoms. The van der Waals surface area contributed by atoms with Gasteiger partial charge in [-0.2, -0.15) is 5.26 Å². The first-order chi connectivity index (χ1) is 11.2. The highest BCUT2D eigenvalue weighted by molar-refractivity contribution is 6.20. The largest absolute Gasteiger partial charge is 0.491 e. The molecule has 1 heterocycles. The van der Waals surface area contributed by atoms with Crippen LogP contribution in [0.3, 0.4) is 0 Å². The summed E-state index contributed by atoms with van der Waals surface area (Å²) in [5.74, 6) is -0.358. The van der Waals surface area contributed by atoms with E-state index in [0.29, 0.717) is 22.4 Å². The Hall–Kier alpha value is -3.17. The van der Waals surface area contributed by atoms with E-state index in [2.05, 4.69) is 0 Å². The number of hydrogen-bond acceptors (Lipinski definition) is 5. The quantitative estimate of drug-likeness (QED) is 0.624. The van der Waals surface area contributed by atoms with Crippen molar-refractivity contribution in [1.82, 2.24) is 5.06 Å². The van der Waals surface area contributed by atoms with Gasteiger partial charge in [0.15, 0.2) is 0 Å². The highest BCUT2D eigenvalue weighted by Crippen LogP contribution is 2.22. The number of nitrogens with zero attached hydrogens (tertiary/aromatic N) is 2. The Morgan fingerprint density at radius 3 is 2.09 bits per heavy atom. The van der Waals surface area contributed by atoms with E-state index in [1.165, 1.54) is 0 Å². The summed E-state index contributed by atoms with van der Waals surface area (Å²) in [5.41, 5.74) is 1.22. The molecule has 114 valence electrons. The van der Waals surface area contributed by atoms with Crippen molar-refractivity contribution in [2.75, 3.05) is 13.2 Å². The van der Waals surface area contributed by atoms with Gasteiger partial charge in [0.25, 0.3) is 11.8 Å². The Morgan fingerprint density at radius 2 is 1.52 bits per heavy atom. The first-order valence-electron chi connectivity index (χ1n) is 6.94. The van der Waals surface area contributed by atoms with Crippen LogP contribution in [0.1, 0.15) is 26.3 Å². The molecular formula is C17H12N2O4. The van der Waals surface area contributed by atoms with E-state index in [-0.39, 0.29) is 13.2 Å². The number of carbonyl (C=O) groups excluding carboxylic acids is 2. The average Bonchev–Trinajstić information content (AvgIpc) is 2.84. The zero-order chi connectivity index (χ0) is 16.2. The number of hydroxylamine groups is 2. The first kappa shape index (κ1) is 14.8. The second-order valence-corrected chi connectivity index (χ2v) is 4.77. The molecule has 0 spiro atoms. The third kappa shape index (κ3) is 2.91. The third-order valence-corrected chi connectivity index (χ3v) is 3.31. The second kappa shape index (κ2) is 6.30. The lowest BCUT2D eigenvalue weighted by Crippen LogP contribution is -2.31. The molecule has 0 unspecified atom stereocenters. The van der Waals surface area contributed by atoms with Crippen LogP contribution in [0.2, 0.25) is 0 Å². The van der Waals surface area contributed by atoms with Gasteiger partial charge in [-0.3, -0.25) is 14.4 Å². The summed E-state index contributed by atoms with van der Waals surface area (Å²) in [7, 11) is 0. The predicted octanol–water partition coefficient (Wildman–Crippen LogP) is 2.16. The molecule has 0 radical (unpaired) electrons. The van der Waals surface area contributed by atoms with Gasteiger partial charge in [0.05, 0.1) is 22.8 Å². The van der Waals surface area contributed by atoms with Crippen molar-refractivity contribution in [3.05, 3.63) is 65.2 Å². The van der Waals surface area contributed by atoms with E-state index in [1.807, 2.05) is 6.07 Å². The van der Waals surface area contributed by atoms with Gasteiger partial charge in [0.1, 0.15) is 19.0 Å². The molecule has 0 saturated carbocycles. The molecule has 6 heteroatoms. The average molecular weight is 308 g/mol. The lowest BCUT2D eigenvalue weighted by molar-refractivity contribution is -0.0976. The van der Waals surface area contributed by atoms with Crippen molar-refractivity contribution in [1.29, 1.82) is 5.26 Å². The maximum Gasteiger partial charge on any atom is 0.285 e. The SMILES string of the molecule is N#Cc1ccc(OCCON2C(=O)c3ccccc3C2=O)cc1. The summed E-state index contributed by atoms with van der Waals surface area (Å²) < 4.78 is 5.43. The van der Waals surface area contributed by atoms with Crippen LogP contribution in [0.5, 0.6) is 5.75 Å². The monoisotopic (exact) mass is 308 g/mol. The lowest BCUT2D eigenvalue weighted by atomic mass is 10.1. The third-order valence-electron chi connectivity index (χ3n) is 3.31. The molecule has 0 aromatic heterocycles. The van der Waals surface area contributed by atoms with Gasteiger partial charge in [-0.1, -0.05) is 12.1 Å². The first-order valence-corrected chi connectivity index (χ1v) is 6.94. The minimum absolute atomic E-state index is 0.0471. The maximum absolute atomic E-state index is 12.1. The number of hydrogen-bond donors (Lipinski definition) is 0. The minimum atomic E-state index is -0.469. The highest BCUT2D eigenvalue weighted by atomic mass is 16.7. The maximum atomic E-state index is 12.1. The fourth-order valence-electron chi connectivity index (χ4n) is 2.20. The molecule has 2 aromatic carbocycles. The van der Waals surface area contributed by atoms with Crippen LogP contribution in [0.25, 0.3) is 0 Å². The number of fused-ring (bicyclic) bond motifs is 1. The zero-order valence-corrected chi connectivity index (χ0v) is 12.1. The number of rotatable bonds is 5. The van der Waals surface area contributed by atoms with Crippen LogP contribution in [-0.2, 0) is 4.84 Å². The van der Waals surface area contributed by atoms with Crippen molar-refractivity contribution in [2.24, 2.45) is 0 Å². The molecule has 1 aliphatic rings. The van der Waals surface area contributed by atoms with Crippen LogP contribution in [-0.4, -0.2) is 30.1 Å². The van der Waals surface area contributed by atoms with Gasteiger partial charge in [-0.25, -0.2) is 0 Å². The normalized spacial score (nSPS) is 12.9. The summed E-state index contributed by atoms with van der Waals surface area (Å²) in [4.78, 5) is 29.3. The fourth-order valence-corrected chi connectivity index (χ4v) is 2.20. The number of amides is 2. The molecular weight excluding hydrogens is 296 g/mol. The fraction of sp³-hybridized carbons (Fsp3) is 0.118. The van der Waals surface area contributed by atoms with Crippen molar-refractivity contribution in [3.8, 4) is 11.8 Å². The van der Waals surface area contributed by atoms with Gasteiger partial charge in [0, 0.05) is 0 Å². The smallest absolute Gasteiger partial charge is 0.285 e. The Morgan fingerprint density at radius 1 is 0.913 bits per heavy atom. The van der Waals surface area contributed by atoms with Crippen LogP contribution in [0.4, 0.5) is 0 Å².